The maximum Gasteiger partial charge on any atom is 0.337 e. The molecule has 0 bridgehead atoms. The standard InChI is InChI=1S/C23H20O2Si/c1-25-23(24)21-14-12-18(13-15-21)16-17-26-22(19-8-4-2-5-9-19)20-10-6-3-7-11-20/h2-17,22H,1H3. The summed E-state index contributed by atoms with van der Waals surface area (Å²) in [4.78, 5) is 11.5. The van der Waals surface area contributed by atoms with Gasteiger partial charge in [0.25, 0.3) is 0 Å². The van der Waals surface area contributed by atoms with Crippen LogP contribution in [-0.2, 0) is 4.74 Å². The maximum absolute atomic E-state index is 11.5. The molecule has 3 rings (SSSR count). The molecule has 0 spiro atoms. The molecule has 0 aliphatic heterocycles. The van der Waals surface area contributed by atoms with Crippen molar-refractivity contribution in [3.63, 3.8) is 0 Å². The fraction of sp³-hybridized carbons (Fsp3) is 0.0870. The molecule has 2 radical (unpaired) electrons. The first kappa shape index (κ1) is 17.9. The Hall–Kier alpha value is -2.91. The van der Waals surface area contributed by atoms with Crippen LogP contribution < -0.4 is 0 Å². The van der Waals surface area contributed by atoms with Gasteiger partial charge in [-0.1, -0.05) is 84.6 Å². The molecule has 26 heavy (non-hydrogen) atoms. The Morgan fingerprint density at radius 3 is 1.88 bits per heavy atom. The Labute approximate surface area is 157 Å². The molecule has 0 amide bonds. The van der Waals surface area contributed by atoms with Crippen molar-refractivity contribution in [1.29, 1.82) is 0 Å². The van der Waals surface area contributed by atoms with Crippen molar-refractivity contribution in [1.82, 2.24) is 0 Å². The number of esters is 1. The molecule has 0 aromatic heterocycles. The average Bonchev–Trinajstić information content (AvgIpc) is 2.72. The molecule has 3 aromatic rings. The van der Waals surface area contributed by atoms with Crippen molar-refractivity contribution in [2.45, 2.75) is 5.54 Å². The lowest BCUT2D eigenvalue weighted by Gasteiger charge is -2.15. The summed E-state index contributed by atoms with van der Waals surface area (Å²) < 4.78 is 4.73. The highest BCUT2D eigenvalue weighted by Crippen LogP contribution is 2.23. The molecular formula is C23H20O2Si. The predicted molar refractivity (Wildman–Crippen MR) is 107 cm³/mol. The van der Waals surface area contributed by atoms with Gasteiger partial charge < -0.3 is 4.74 Å². The molecule has 0 N–H and O–H groups in total. The Balaban J connectivity index is 1.76. The van der Waals surface area contributed by atoms with E-state index in [0.29, 0.717) is 20.6 Å². The Kier molecular flexibility index (Phi) is 6.17. The molecule has 0 fully saturated rings. The van der Waals surface area contributed by atoms with Gasteiger partial charge in [-0.2, -0.15) is 0 Å². The van der Waals surface area contributed by atoms with E-state index in [4.69, 9.17) is 4.74 Å². The van der Waals surface area contributed by atoms with Crippen LogP contribution in [0.3, 0.4) is 0 Å². The molecule has 0 aliphatic rings. The topological polar surface area (TPSA) is 26.3 Å². The number of ether oxygens (including phenoxy) is 1. The molecule has 0 heterocycles. The van der Waals surface area contributed by atoms with Gasteiger partial charge >= 0.3 is 5.97 Å². The molecule has 0 aliphatic carbocycles. The third-order valence-corrected chi connectivity index (χ3v) is 5.50. The van der Waals surface area contributed by atoms with Crippen molar-refractivity contribution in [2.24, 2.45) is 0 Å². The largest absolute Gasteiger partial charge is 0.465 e. The Morgan fingerprint density at radius 1 is 0.846 bits per heavy atom. The molecule has 0 saturated carbocycles. The Bertz CT molecular complexity index is 816. The fourth-order valence-corrected chi connectivity index (χ4v) is 4.02. The lowest BCUT2D eigenvalue weighted by Crippen LogP contribution is -2.08. The highest BCUT2D eigenvalue weighted by atomic mass is 28.2. The minimum Gasteiger partial charge on any atom is -0.465 e. The van der Waals surface area contributed by atoms with Crippen LogP contribution in [0.5, 0.6) is 0 Å². The van der Waals surface area contributed by atoms with Gasteiger partial charge in [-0.25, -0.2) is 4.79 Å². The zero-order chi connectivity index (χ0) is 18.2. The molecule has 128 valence electrons. The first-order valence-corrected chi connectivity index (χ1v) is 9.64. The molecule has 3 aromatic carbocycles. The maximum atomic E-state index is 11.5. The van der Waals surface area contributed by atoms with E-state index < -0.39 is 0 Å². The smallest absolute Gasteiger partial charge is 0.337 e. The lowest BCUT2D eigenvalue weighted by molar-refractivity contribution is 0.0600. The number of methoxy groups -OCH3 is 1. The second kappa shape index (κ2) is 8.97. The van der Waals surface area contributed by atoms with Crippen LogP contribution in [0.1, 0.15) is 32.6 Å². The van der Waals surface area contributed by atoms with Crippen molar-refractivity contribution < 1.29 is 9.53 Å². The van der Waals surface area contributed by atoms with E-state index in [0.717, 1.165) is 5.56 Å². The van der Waals surface area contributed by atoms with E-state index in [-0.39, 0.29) is 5.97 Å². The van der Waals surface area contributed by atoms with Gasteiger partial charge in [0.05, 0.1) is 22.2 Å². The summed E-state index contributed by atoms with van der Waals surface area (Å²) in [6.45, 7) is 0. The summed E-state index contributed by atoms with van der Waals surface area (Å²) in [6.07, 6.45) is 2.11. The third kappa shape index (κ3) is 4.58. The normalized spacial score (nSPS) is 11.0. The summed E-state index contributed by atoms with van der Waals surface area (Å²) in [7, 11) is 2.02. The molecule has 2 nitrogen and oxygen atoms in total. The highest BCUT2D eigenvalue weighted by molar-refractivity contribution is 6.46. The highest BCUT2D eigenvalue weighted by Gasteiger charge is 2.12. The van der Waals surface area contributed by atoms with Crippen molar-refractivity contribution in [2.75, 3.05) is 7.11 Å². The van der Waals surface area contributed by atoms with Gasteiger partial charge in [-0.15, -0.1) is 0 Å². The zero-order valence-corrected chi connectivity index (χ0v) is 15.6. The minimum absolute atomic E-state index is 0.310. The zero-order valence-electron chi connectivity index (χ0n) is 14.6. The number of carbonyl (C=O) groups is 1. The first-order chi connectivity index (χ1) is 12.8. The summed E-state index contributed by atoms with van der Waals surface area (Å²) in [5.74, 6) is -0.310. The van der Waals surface area contributed by atoms with Gasteiger partial charge in [0.2, 0.25) is 0 Å². The summed E-state index contributed by atoms with van der Waals surface area (Å²) in [6, 6.07) is 28.6. The van der Waals surface area contributed by atoms with Crippen LogP contribution in [0.15, 0.2) is 90.6 Å². The van der Waals surface area contributed by atoms with Crippen molar-refractivity contribution in [3.8, 4) is 0 Å². The monoisotopic (exact) mass is 356 g/mol. The number of hydrogen-bond acceptors (Lipinski definition) is 2. The van der Waals surface area contributed by atoms with Gasteiger partial charge in [-0.05, 0) is 28.8 Å². The van der Waals surface area contributed by atoms with Crippen LogP contribution in [0, 0.1) is 0 Å². The van der Waals surface area contributed by atoms with E-state index in [1.54, 1.807) is 12.1 Å². The molecular weight excluding hydrogens is 336 g/mol. The average molecular weight is 356 g/mol. The SMILES string of the molecule is COC(=O)c1ccc(C=C[Si]C(c2ccccc2)c2ccccc2)cc1. The van der Waals surface area contributed by atoms with Crippen LogP contribution >= 0.6 is 0 Å². The summed E-state index contributed by atoms with van der Waals surface area (Å²) >= 11 is 0. The Morgan fingerprint density at radius 2 is 1.38 bits per heavy atom. The molecule has 0 atom stereocenters. The van der Waals surface area contributed by atoms with Gasteiger partial charge in [0.1, 0.15) is 0 Å². The quantitative estimate of drug-likeness (QED) is 0.462. The second-order valence-corrected chi connectivity index (χ2v) is 7.11. The lowest BCUT2D eigenvalue weighted by atomic mass is 10.0. The van der Waals surface area contributed by atoms with E-state index >= 15 is 0 Å². The summed E-state index contributed by atoms with van der Waals surface area (Å²) in [5, 5.41) is 0. The number of benzene rings is 3. The van der Waals surface area contributed by atoms with Crippen LogP contribution in [-0.4, -0.2) is 22.6 Å². The van der Waals surface area contributed by atoms with Crippen molar-refractivity contribution >= 4 is 21.6 Å². The third-order valence-electron chi connectivity index (χ3n) is 4.14. The van der Waals surface area contributed by atoms with Crippen LogP contribution in [0.4, 0.5) is 0 Å². The van der Waals surface area contributed by atoms with Gasteiger partial charge in [-0.3, -0.25) is 0 Å². The van der Waals surface area contributed by atoms with E-state index in [1.807, 2.05) is 24.3 Å². The van der Waals surface area contributed by atoms with E-state index in [9.17, 15) is 4.79 Å². The van der Waals surface area contributed by atoms with Gasteiger partial charge in [0.15, 0.2) is 0 Å². The molecule has 0 unspecified atom stereocenters. The van der Waals surface area contributed by atoms with Crippen molar-refractivity contribution in [3.05, 3.63) is 113 Å². The molecule has 0 saturated heterocycles. The van der Waals surface area contributed by atoms with Crippen LogP contribution in [0.25, 0.3) is 6.08 Å². The second-order valence-electron chi connectivity index (χ2n) is 5.87. The number of rotatable bonds is 6. The van der Waals surface area contributed by atoms with Gasteiger partial charge in [0, 0.05) is 5.54 Å². The van der Waals surface area contributed by atoms with Crippen LogP contribution in [0.2, 0.25) is 0 Å². The fourth-order valence-electron chi connectivity index (χ4n) is 2.76. The van der Waals surface area contributed by atoms with E-state index in [1.165, 1.54) is 18.2 Å². The number of hydrogen-bond donors (Lipinski definition) is 0. The van der Waals surface area contributed by atoms with E-state index in [2.05, 4.69) is 60.3 Å². The number of carbonyl (C=O) groups excluding carboxylic acids is 1. The molecule has 3 heteroatoms. The summed E-state index contributed by atoms with van der Waals surface area (Å²) in [5.41, 5.74) is 6.86. The minimum atomic E-state index is -0.310. The predicted octanol–water partition coefficient (Wildman–Crippen LogP) is 4.94. The first-order valence-electron chi connectivity index (χ1n) is 8.49.